The van der Waals surface area contributed by atoms with E-state index in [0.717, 1.165) is 68.4 Å². The molecule has 0 aromatic heterocycles. The molecule has 2 heterocycles. The average Bonchev–Trinajstić information content (AvgIpc) is 3.36. The van der Waals surface area contributed by atoms with Crippen LogP contribution in [0.15, 0.2) is 66.7 Å². The molecule has 2 aliphatic heterocycles. The van der Waals surface area contributed by atoms with Gasteiger partial charge in [-0.15, -0.1) is 0 Å². The van der Waals surface area contributed by atoms with E-state index in [1.54, 1.807) is 6.07 Å². The quantitative estimate of drug-likeness (QED) is 0.386. The third kappa shape index (κ3) is 5.84. The van der Waals surface area contributed by atoms with E-state index in [9.17, 15) is 4.79 Å². The van der Waals surface area contributed by atoms with Crippen LogP contribution in [0.2, 0.25) is 15.1 Å². The molecule has 0 bridgehead atoms. The Balaban J connectivity index is 1.21. The standard InChI is InChI=1S/C28H28Cl3N3O/c29-22-5-1-20(2-6-22)18-32-13-15-33(16-14-32)25-11-12-34(19-25)28(35)26-10-9-24(31)17-27(26)21-3-7-23(30)8-4-21/h1-10,17,25H,11-16,18-19H2/t25-/m0/s1. The van der Waals surface area contributed by atoms with Gasteiger partial charge in [-0.3, -0.25) is 14.6 Å². The highest BCUT2D eigenvalue weighted by Gasteiger charge is 2.33. The molecule has 3 aromatic rings. The van der Waals surface area contributed by atoms with Crippen molar-refractivity contribution in [2.45, 2.75) is 19.0 Å². The first-order valence-electron chi connectivity index (χ1n) is 12.0. The maximum atomic E-state index is 13.5. The number of halogens is 3. The number of hydrogen-bond acceptors (Lipinski definition) is 3. The van der Waals surface area contributed by atoms with Gasteiger partial charge in [0.25, 0.3) is 5.91 Å². The molecule has 3 aromatic carbocycles. The highest BCUT2D eigenvalue weighted by atomic mass is 35.5. The maximum absolute atomic E-state index is 13.5. The number of piperazine rings is 1. The molecule has 2 aliphatic rings. The van der Waals surface area contributed by atoms with E-state index in [1.807, 2.05) is 53.4 Å². The number of nitrogens with zero attached hydrogens (tertiary/aromatic N) is 3. The van der Waals surface area contributed by atoms with Crippen LogP contribution in [0.25, 0.3) is 11.1 Å². The Bertz CT molecular complexity index is 1180. The van der Waals surface area contributed by atoms with Crippen LogP contribution in [0.3, 0.4) is 0 Å². The van der Waals surface area contributed by atoms with Gasteiger partial charge in [-0.1, -0.05) is 59.1 Å². The maximum Gasteiger partial charge on any atom is 0.254 e. The van der Waals surface area contributed by atoms with Crippen molar-refractivity contribution in [3.05, 3.63) is 92.9 Å². The van der Waals surface area contributed by atoms with Gasteiger partial charge in [-0.25, -0.2) is 0 Å². The molecule has 0 unspecified atom stereocenters. The van der Waals surface area contributed by atoms with Crippen LogP contribution in [0, 0.1) is 0 Å². The van der Waals surface area contributed by atoms with Gasteiger partial charge in [0.05, 0.1) is 0 Å². The molecule has 2 fully saturated rings. The minimum Gasteiger partial charge on any atom is -0.337 e. The Morgan fingerprint density at radius 2 is 1.40 bits per heavy atom. The smallest absolute Gasteiger partial charge is 0.254 e. The summed E-state index contributed by atoms with van der Waals surface area (Å²) in [6, 6.07) is 21.6. The van der Waals surface area contributed by atoms with Crippen LogP contribution in [0.4, 0.5) is 0 Å². The van der Waals surface area contributed by atoms with Crippen LogP contribution in [0.5, 0.6) is 0 Å². The van der Waals surface area contributed by atoms with E-state index in [2.05, 4.69) is 21.9 Å². The van der Waals surface area contributed by atoms with Crippen molar-refractivity contribution in [2.75, 3.05) is 39.3 Å². The van der Waals surface area contributed by atoms with Crippen molar-refractivity contribution >= 4 is 40.7 Å². The van der Waals surface area contributed by atoms with Crippen molar-refractivity contribution in [3.63, 3.8) is 0 Å². The van der Waals surface area contributed by atoms with Gasteiger partial charge in [0.2, 0.25) is 0 Å². The fraction of sp³-hybridized carbons (Fsp3) is 0.321. The molecular weight excluding hydrogens is 501 g/mol. The average molecular weight is 529 g/mol. The zero-order valence-electron chi connectivity index (χ0n) is 19.5. The first-order chi connectivity index (χ1) is 17.0. The Hall–Kier alpha value is -2.08. The lowest BCUT2D eigenvalue weighted by atomic mass is 9.99. The molecule has 5 rings (SSSR count). The molecule has 2 saturated heterocycles. The Morgan fingerprint density at radius 1 is 0.771 bits per heavy atom. The van der Waals surface area contributed by atoms with Gasteiger partial charge in [-0.05, 0) is 65.6 Å². The number of likely N-dealkylation sites (tertiary alicyclic amines) is 1. The van der Waals surface area contributed by atoms with Gasteiger partial charge >= 0.3 is 0 Å². The van der Waals surface area contributed by atoms with Crippen molar-refractivity contribution in [2.24, 2.45) is 0 Å². The Labute approximate surface area is 222 Å². The summed E-state index contributed by atoms with van der Waals surface area (Å²) in [6.45, 7) is 6.60. The number of carbonyl (C=O) groups is 1. The van der Waals surface area contributed by atoms with Gasteiger partial charge < -0.3 is 4.90 Å². The molecule has 4 nitrogen and oxygen atoms in total. The largest absolute Gasteiger partial charge is 0.337 e. The summed E-state index contributed by atoms with van der Waals surface area (Å²) in [7, 11) is 0. The van der Waals surface area contributed by atoms with Crippen molar-refractivity contribution in [3.8, 4) is 11.1 Å². The monoisotopic (exact) mass is 527 g/mol. The molecule has 0 N–H and O–H groups in total. The Kier molecular flexibility index (Phi) is 7.66. The molecular formula is C28H28Cl3N3O. The summed E-state index contributed by atoms with van der Waals surface area (Å²) >= 11 is 18.4. The summed E-state index contributed by atoms with van der Waals surface area (Å²) in [5.74, 6) is 0.0653. The van der Waals surface area contributed by atoms with E-state index < -0.39 is 0 Å². The minimum absolute atomic E-state index is 0.0653. The third-order valence-electron chi connectivity index (χ3n) is 7.06. The molecule has 182 valence electrons. The SMILES string of the molecule is O=C(c1ccc(Cl)cc1-c1ccc(Cl)cc1)N1CC[C@H](N2CCN(Cc3ccc(Cl)cc3)CC2)C1. The lowest BCUT2D eigenvalue weighted by molar-refractivity contribution is 0.0735. The Morgan fingerprint density at radius 3 is 2.09 bits per heavy atom. The van der Waals surface area contributed by atoms with E-state index in [1.165, 1.54) is 5.56 Å². The number of hydrogen-bond donors (Lipinski definition) is 0. The van der Waals surface area contributed by atoms with Gasteiger partial charge in [0.15, 0.2) is 0 Å². The van der Waals surface area contributed by atoms with E-state index in [-0.39, 0.29) is 5.91 Å². The summed E-state index contributed by atoms with van der Waals surface area (Å²) in [5.41, 5.74) is 3.76. The molecule has 0 saturated carbocycles. The summed E-state index contributed by atoms with van der Waals surface area (Å²) < 4.78 is 0. The minimum atomic E-state index is 0.0653. The van der Waals surface area contributed by atoms with Crippen LogP contribution >= 0.6 is 34.8 Å². The van der Waals surface area contributed by atoms with E-state index >= 15 is 0 Å². The molecule has 35 heavy (non-hydrogen) atoms. The first kappa shape index (κ1) is 24.6. The second-order valence-electron chi connectivity index (χ2n) is 9.33. The number of amides is 1. The molecule has 1 atom stereocenters. The number of rotatable bonds is 5. The van der Waals surface area contributed by atoms with Crippen LogP contribution < -0.4 is 0 Å². The topological polar surface area (TPSA) is 26.8 Å². The van der Waals surface area contributed by atoms with Gasteiger partial charge in [-0.2, -0.15) is 0 Å². The first-order valence-corrected chi connectivity index (χ1v) is 13.2. The summed E-state index contributed by atoms with van der Waals surface area (Å²) in [6.07, 6.45) is 1.01. The second kappa shape index (κ2) is 10.9. The predicted octanol–water partition coefficient (Wildman–Crippen LogP) is 6.35. The molecule has 7 heteroatoms. The van der Waals surface area contributed by atoms with Gasteiger partial charge in [0, 0.05) is 72.5 Å². The lowest BCUT2D eigenvalue weighted by Crippen LogP contribution is -2.50. The fourth-order valence-corrected chi connectivity index (χ4v) is 5.52. The second-order valence-corrected chi connectivity index (χ2v) is 10.6. The lowest BCUT2D eigenvalue weighted by Gasteiger charge is -2.38. The van der Waals surface area contributed by atoms with Crippen LogP contribution in [0.1, 0.15) is 22.3 Å². The molecule has 0 aliphatic carbocycles. The zero-order valence-corrected chi connectivity index (χ0v) is 21.7. The van der Waals surface area contributed by atoms with Crippen molar-refractivity contribution in [1.29, 1.82) is 0 Å². The normalized spacial score (nSPS) is 19.3. The van der Waals surface area contributed by atoms with Crippen molar-refractivity contribution in [1.82, 2.24) is 14.7 Å². The number of benzene rings is 3. The number of carbonyl (C=O) groups excluding carboxylic acids is 1. The third-order valence-corrected chi connectivity index (χ3v) is 7.80. The fourth-order valence-electron chi connectivity index (χ4n) is 5.10. The molecule has 0 spiro atoms. The van der Waals surface area contributed by atoms with Crippen molar-refractivity contribution < 1.29 is 4.79 Å². The zero-order chi connectivity index (χ0) is 24.4. The van der Waals surface area contributed by atoms with E-state index in [4.69, 9.17) is 34.8 Å². The molecule has 1 amide bonds. The molecule has 0 radical (unpaired) electrons. The predicted molar refractivity (Wildman–Crippen MR) is 145 cm³/mol. The van der Waals surface area contributed by atoms with Crippen LogP contribution in [-0.2, 0) is 6.54 Å². The van der Waals surface area contributed by atoms with Crippen LogP contribution in [-0.4, -0.2) is 65.9 Å². The highest BCUT2D eigenvalue weighted by Crippen LogP contribution is 2.30. The van der Waals surface area contributed by atoms with Gasteiger partial charge in [0.1, 0.15) is 0 Å². The summed E-state index contributed by atoms with van der Waals surface area (Å²) in [4.78, 5) is 20.6. The highest BCUT2D eigenvalue weighted by molar-refractivity contribution is 6.31. The summed E-state index contributed by atoms with van der Waals surface area (Å²) in [5, 5.41) is 2.05. The van der Waals surface area contributed by atoms with E-state index in [0.29, 0.717) is 21.7 Å².